The molecule has 0 aliphatic rings. The molecule has 1 amide bonds. The van der Waals surface area contributed by atoms with E-state index >= 15 is 0 Å². The van der Waals surface area contributed by atoms with Gasteiger partial charge in [0.15, 0.2) is 0 Å². The Labute approximate surface area is 120 Å². The monoisotopic (exact) mass is 309 g/mol. The number of hydrogen-bond donors (Lipinski definition) is 1. The smallest absolute Gasteiger partial charge is 0.417 e. The second kappa shape index (κ2) is 5.91. The summed E-state index contributed by atoms with van der Waals surface area (Å²) in [6.07, 6.45) is -5.22. The standard InChI is InChI=1S/C13H15ClF3NO2/c1-12(2,3)20-11(19)18-7-8-4-5-10(14)9(6-8)13(15,16)17/h4-6H,7H2,1-3H3,(H,18,19). The number of rotatable bonds is 2. The zero-order valence-electron chi connectivity index (χ0n) is 11.3. The lowest BCUT2D eigenvalue weighted by Crippen LogP contribution is -2.32. The van der Waals surface area contributed by atoms with Crippen LogP contribution < -0.4 is 5.32 Å². The molecule has 112 valence electrons. The third kappa shape index (κ3) is 5.28. The molecule has 3 nitrogen and oxygen atoms in total. The topological polar surface area (TPSA) is 38.3 Å². The maximum absolute atomic E-state index is 12.7. The van der Waals surface area contributed by atoms with E-state index in [2.05, 4.69) is 5.32 Å². The van der Waals surface area contributed by atoms with Crippen LogP contribution in [0, 0.1) is 0 Å². The minimum absolute atomic E-state index is 0.0742. The minimum atomic E-state index is -4.53. The van der Waals surface area contributed by atoms with E-state index in [1.54, 1.807) is 20.8 Å². The van der Waals surface area contributed by atoms with Gasteiger partial charge in [-0.05, 0) is 38.5 Å². The highest BCUT2D eigenvalue weighted by molar-refractivity contribution is 6.31. The van der Waals surface area contributed by atoms with Crippen molar-refractivity contribution in [2.45, 2.75) is 39.1 Å². The quantitative estimate of drug-likeness (QED) is 0.880. The number of benzene rings is 1. The van der Waals surface area contributed by atoms with Gasteiger partial charge in [-0.25, -0.2) is 4.79 Å². The van der Waals surface area contributed by atoms with Crippen molar-refractivity contribution < 1.29 is 22.7 Å². The highest BCUT2D eigenvalue weighted by atomic mass is 35.5. The van der Waals surface area contributed by atoms with Crippen LogP contribution in [0.2, 0.25) is 5.02 Å². The van der Waals surface area contributed by atoms with Crippen molar-refractivity contribution in [2.24, 2.45) is 0 Å². The number of ether oxygens (including phenoxy) is 1. The highest BCUT2D eigenvalue weighted by Crippen LogP contribution is 2.35. The molecule has 1 N–H and O–H groups in total. The zero-order valence-corrected chi connectivity index (χ0v) is 12.0. The molecule has 0 fully saturated rings. The van der Waals surface area contributed by atoms with E-state index in [0.717, 1.165) is 12.1 Å². The molecule has 0 spiro atoms. The number of alkyl carbamates (subject to hydrolysis) is 1. The van der Waals surface area contributed by atoms with Crippen LogP contribution in [0.4, 0.5) is 18.0 Å². The van der Waals surface area contributed by atoms with Crippen LogP contribution in [0.3, 0.4) is 0 Å². The van der Waals surface area contributed by atoms with Crippen LogP contribution in [0.15, 0.2) is 18.2 Å². The van der Waals surface area contributed by atoms with Gasteiger partial charge >= 0.3 is 12.3 Å². The van der Waals surface area contributed by atoms with E-state index in [1.807, 2.05) is 0 Å². The van der Waals surface area contributed by atoms with E-state index < -0.39 is 23.4 Å². The van der Waals surface area contributed by atoms with Gasteiger partial charge < -0.3 is 10.1 Å². The maximum atomic E-state index is 12.7. The molecule has 0 atom stereocenters. The first-order chi connectivity index (χ1) is 8.99. The van der Waals surface area contributed by atoms with Crippen LogP contribution in [-0.4, -0.2) is 11.7 Å². The summed E-state index contributed by atoms with van der Waals surface area (Å²) in [6.45, 7) is 5.00. The van der Waals surface area contributed by atoms with E-state index in [4.69, 9.17) is 16.3 Å². The zero-order chi connectivity index (χ0) is 15.6. The fourth-order valence-corrected chi connectivity index (χ4v) is 1.61. The Morgan fingerprint density at radius 2 is 1.90 bits per heavy atom. The Kier molecular flexibility index (Phi) is 4.91. The van der Waals surface area contributed by atoms with Crippen molar-refractivity contribution in [3.8, 4) is 0 Å². The maximum Gasteiger partial charge on any atom is 0.417 e. The van der Waals surface area contributed by atoms with Crippen LogP contribution in [0.5, 0.6) is 0 Å². The molecular formula is C13H15ClF3NO2. The summed E-state index contributed by atoms with van der Waals surface area (Å²) in [5.74, 6) is 0. The fourth-order valence-electron chi connectivity index (χ4n) is 1.39. The molecule has 0 heterocycles. The van der Waals surface area contributed by atoms with Gasteiger partial charge in [-0.3, -0.25) is 0 Å². The van der Waals surface area contributed by atoms with E-state index in [0.29, 0.717) is 0 Å². The van der Waals surface area contributed by atoms with Crippen molar-refractivity contribution in [3.05, 3.63) is 34.3 Å². The van der Waals surface area contributed by atoms with Gasteiger partial charge in [-0.2, -0.15) is 13.2 Å². The molecule has 0 aliphatic carbocycles. The van der Waals surface area contributed by atoms with Crippen molar-refractivity contribution >= 4 is 17.7 Å². The molecule has 0 unspecified atom stereocenters. The number of carbonyl (C=O) groups excluding carboxylic acids is 1. The summed E-state index contributed by atoms with van der Waals surface area (Å²) in [5.41, 5.74) is -1.31. The Morgan fingerprint density at radius 1 is 1.30 bits per heavy atom. The SMILES string of the molecule is CC(C)(C)OC(=O)NCc1ccc(Cl)c(C(F)(F)F)c1. The van der Waals surface area contributed by atoms with Crippen LogP contribution in [0.25, 0.3) is 0 Å². The van der Waals surface area contributed by atoms with Crippen molar-refractivity contribution in [2.75, 3.05) is 0 Å². The summed E-state index contributed by atoms with van der Waals surface area (Å²) in [5, 5.41) is 2.01. The second-order valence-electron chi connectivity index (χ2n) is 5.17. The number of nitrogens with one attached hydrogen (secondary N) is 1. The lowest BCUT2D eigenvalue weighted by Gasteiger charge is -2.19. The molecule has 7 heteroatoms. The third-order valence-corrected chi connectivity index (χ3v) is 2.50. The van der Waals surface area contributed by atoms with Crippen LogP contribution in [0.1, 0.15) is 31.9 Å². The summed E-state index contributed by atoms with van der Waals surface area (Å²) < 4.78 is 42.9. The number of hydrogen-bond acceptors (Lipinski definition) is 2. The number of amides is 1. The van der Waals surface area contributed by atoms with Crippen molar-refractivity contribution in [1.82, 2.24) is 5.32 Å². The average molecular weight is 310 g/mol. The highest BCUT2D eigenvalue weighted by Gasteiger charge is 2.33. The van der Waals surface area contributed by atoms with Gasteiger partial charge in [-0.15, -0.1) is 0 Å². The molecule has 0 radical (unpaired) electrons. The normalized spacial score (nSPS) is 12.2. The molecular weight excluding hydrogens is 295 g/mol. The largest absolute Gasteiger partial charge is 0.444 e. The summed E-state index contributed by atoms with van der Waals surface area (Å²) in [6, 6.07) is 3.46. The van der Waals surface area contributed by atoms with Crippen LogP contribution >= 0.6 is 11.6 Å². The molecule has 1 aromatic carbocycles. The third-order valence-electron chi connectivity index (χ3n) is 2.17. The molecule has 1 aromatic rings. The van der Waals surface area contributed by atoms with Crippen molar-refractivity contribution in [1.29, 1.82) is 0 Å². The Morgan fingerprint density at radius 3 is 2.40 bits per heavy atom. The molecule has 0 saturated carbocycles. The van der Waals surface area contributed by atoms with Crippen molar-refractivity contribution in [3.63, 3.8) is 0 Å². The fraction of sp³-hybridized carbons (Fsp3) is 0.462. The number of alkyl halides is 3. The number of halogens is 4. The number of carbonyl (C=O) groups is 1. The minimum Gasteiger partial charge on any atom is -0.444 e. The molecule has 0 bridgehead atoms. The van der Waals surface area contributed by atoms with E-state index in [9.17, 15) is 18.0 Å². The molecule has 0 saturated heterocycles. The van der Waals surface area contributed by atoms with Gasteiger partial charge in [0.1, 0.15) is 5.60 Å². The average Bonchev–Trinajstić information content (AvgIpc) is 2.24. The summed E-state index contributed by atoms with van der Waals surface area (Å²) in [7, 11) is 0. The Balaban J connectivity index is 2.73. The van der Waals surface area contributed by atoms with E-state index in [-0.39, 0.29) is 17.1 Å². The molecule has 20 heavy (non-hydrogen) atoms. The molecule has 0 aromatic heterocycles. The molecule has 0 aliphatic heterocycles. The van der Waals surface area contributed by atoms with Gasteiger partial charge in [0.05, 0.1) is 10.6 Å². The molecule has 1 rings (SSSR count). The lowest BCUT2D eigenvalue weighted by molar-refractivity contribution is -0.137. The lowest BCUT2D eigenvalue weighted by atomic mass is 10.1. The predicted molar refractivity (Wildman–Crippen MR) is 69.5 cm³/mol. The van der Waals surface area contributed by atoms with Gasteiger partial charge in [-0.1, -0.05) is 17.7 Å². The summed E-state index contributed by atoms with van der Waals surface area (Å²) in [4.78, 5) is 11.4. The van der Waals surface area contributed by atoms with E-state index in [1.165, 1.54) is 6.07 Å². The Bertz CT molecular complexity index is 495. The van der Waals surface area contributed by atoms with Gasteiger partial charge in [0, 0.05) is 6.54 Å². The first-order valence-electron chi connectivity index (χ1n) is 5.81. The first-order valence-corrected chi connectivity index (χ1v) is 6.19. The second-order valence-corrected chi connectivity index (χ2v) is 5.57. The first kappa shape index (κ1) is 16.6. The Hall–Kier alpha value is -1.43. The predicted octanol–water partition coefficient (Wildman–Crippen LogP) is 4.38. The van der Waals surface area contributed by atoms with Gasteiger partial charge in [0.2, 0.25) is 0 Å². The van der Waals surface area contributed by atoms with Crippen LogP contribution in [-0.2, 0) is 17.5 Å². The van der Waals surface area contributed by atoms with Gasteiger partial charge in [0.25, 0.3) is 0 Å². The summed E-state index contributed by atoms with van der Waals surface area (Å²) >= 11 is 5.50.